The molecule has 0 amide bonds. The predicted molar refractivity (Wildman–Crippen MR) is 86.2 cm³/mol. The first-order chi connectivity index (χ1) is 9.10. The lowest BCUT2D eigenvalue weighted by Crippen LogP contribution is -2.22. The molecule has 5 heteroatoms. The van der Waals surface area contributed by atoms with E-state index >= 15 is 0 Å². The van der Waals surface area contributed by atoms with Crippen molar-refractivity contribution in [3.63, 3.8) is 0 Å². The summed E-state index contributed by atoms with van der Waals surface area (Å²) in [7, 11) is 0. The molecule has 102 valence electrons. The van der Waals surface area contributed by atoms with Crippen molar-refractivity contribution in [2.24, 2.45) is 0 Å². The van der Waals surface area contributed by atoms with Gasteiger partial charge in [0.2, 0.25) is 0 Å². The van der Waals surface area contributed by atoms with Gasteiger partial charge in [0.15, 0.2) is 0 Å². The summed E-state index contributed by atoms with van der Waals surface area (Å²) in [5.41, 5.74) is 1.13. The highest BCUT2D eigenvalue weighted by molar-refractivity contribution is 9.13. The second kappa shape index (κ2) is 6.97. The predicted octanol–water partition coefficient (Wildman–Crippen LogP) is 5.31. The highest BCUT2D eigenvalue weighted by Crippen LogP contribution is 2.36. The van der Waals surface area contributed by atoms with Gasteiger partial charge in [-0.2, -0.15) is 0 Å². The Hall–Kier alpha value is -0.230. The topological polar surface area (TPSA) is 12.0 Å². The lowest BCUT2D eigenvalue weighted by atomic mass is 10.0. The van der Waals surface area contributed by atoms with Gasteiger partial charge in [-0.3, -0.25) is 0 Å². The average Bonchev–Trinajstić information content (AvgIpc) is 2.72. The van der Waals surface area contributed by atoms with Crippen LogP contribution in [0.3, 0.4) is 0 Å². The molecule has 19 heavy (non-hydrogen) atoms. The van der Waals surface area contributed by atoms with Gasteiger partial charge in [-0.1, -0.05) is 19.1 Å². The van der Waals surface area contributed by atoms with Gasteiger partial charge in [0.25, 0.3) is 0 Å². The highest BCUT2D eigenvalue weighted by Gasteiger charge is 2.15. The minimum atomic E-state index is -0.189. The number of rotatable bonds is 5. The summed E-state index contributed by atoms with van der Waals surface area (Å²) in [6, 6.07) is 9.10. The minimum Gasteiger partial charge on any atom is -0.309 e. The second-order valence-electron chi connectivity index (χ2n) is 4.21. The van der Waals surface area contributed by atoms with Crippen molar-refractivity contribution in [1.82, 2.24) is 5.32 Å². The van der Waals surface area contributed by atoms with Crippen molar-refractivity contribution in [3.8, 4) is 0 Å². The molecular formula is C14H14Br2FNS. The van der Waals surface area contributed by atoms with Gasteiger partial charge in [-0.25, -0.2) is 4.39 Å². The maximum absolute atomic E-state index is 12.9. The Kier molecular flexibility index (Phi) is 5.57. The van der Waals surface area contributed by atoms with Gasteiger partial charge >= 0.3 is 0 Å². The molecule has 0 aliphatic carbocycles. The van der Waals surface area contributed by atoms with Crippen LogP contribution in [0.1, 0.15) is 23.4 Å². The van der Waals surface area contributed by atoms with E-state index in [0.717, 1.165) is 26.8 Å². The Morgan fingerprint density at radius 2 is 1.95 bits per heavy atom. The molecule has 2 rings (SSSR count). The quantitative estimate of drug-likeness (QED) is 0.709. The molecule has 0 saturated heterocycles. The van der Waals surface area contributed by atoms with Crippen LogP contribution in [0.15, 0.2) is 38.6 Å². The van der Waals surface area contributed by atoms with Crippen LogP contribution in [0.2, 0.25) is 0 Å². The fourth-order valence-corrected chi connectivity index (χ4v) is 4.08. The van der Waals surface area contributed by atoms with Crippen molar-refractivity contribution in [2.45, 2.75) is 19.4 Å². The van der Waals surface area contributed by atoms with Crippen molar-refractivity contribution in [1.29, 1.82) is 0 Å². The van der Waals surface area contributed by atoms with Crippen molar-refractivity contribution >= 4 is 43.2 Å². The van der Waals surface area contributed by atoms with E-state index in [1.807, 2.05) is 12.1 Å². The molecule has 0 spiro atoms. The monoisotopic (exact) mass is 405 g/mol. The third-order valence-corrected chi connectivity index (χ3v) is 6.18. The van der Waals surface area contributed by atoms with Crippen LogP contribution in [-0.2, 0) is 6.42 Å². The van der Waals surface area contributed by atoms with Gasteiger partial charge < -0.3 is 5.32 Å². The molecule has 1 nitrogen and oxygen atoms in total. The Bertz CT molecular complexity index is 519. The standard InChI is InChI=1S/C14H14Br2FNS/c1-2-18-12(13-8-11(15)14(16)19-13)7-9-3-5-10(17)6-4-9/h3-6,8,12,18H,2,7H2,1H3. The van der Waals surface area contributed by atoms with E-state index in [0.29, 0.717) is 0 Å². The van der Waals surface area contributed by atoms with Crippen LogP contribution >= 0.6 is 43.2 Å². The number of benzene rings is 1. The molecule has 0 aliphatic rings. The fourth-order valence-electron chi connectivity index (χ4n) is 1.91. The first kappa shape index (κ1) is 15.2. The van der Waals surface area contributed by atoms with E-state index in [-0.39, 0.29) is 11.9 Å². The molecule has 1 N–H and O–H groups in total. The second-order valence-corrected chi connectivity index (χ2v) is 7.47. The maximum Gasteiger partial charge on any atom is 0.123 e. The molecule has 2 aromatic rings. The summed E-state index contributed by atoms with van der Waals surface area (Å²) in [5, 5.41) is 3.48. The number of thiophene rings is 1. The van der Waals surface area contributed by atoms with Gasteiger partial charge in [-0.05, 0) is 68.6 Å². The maximum atomic E-state index is 12.9. The smallest absolute Gasteiger partial charge is 0.123 e. The lowest BCUT2D eigenvalue weighted by molar-refractivity contribution is 0.557. The third kappa shape index (κ3) is 4.12. The molecule has 0 saturated carbocycles. The number of likely N-dealkylation sites (N-methyl/N-ethyl adjacent to an activating group) is 1. The van der Waals surface area contributed by atoms with E-state index in [4.69, 9.17) is 0 Å². The molecule has 1 unspecified atom stereocenters. The molecule has 1 heterocycles. The highest BCUT2D eigenvalue weighted by atomic mass is 79.9. The van der Waals surface area contributed by atoms with E-state index in [1.165, 1.54) is 17.0 Å². The minimum absolute atomic E-state index is 0.189. The molecular weight excluding hydrogens is 393 g/mol. The van der Waals surface area contributed by atoms with Crippen LogP contribution in [0, 0.1) is 5.82 Å². The largest absolute Gasteiger partial charge is 0.309 e. The van der Waals surface area contributed by atoms with Crippen LogP contribution < -0.4 is 5.32 Å². The zero-order chi connectivity index (χ0) is 13.8. The fraction of sp³-hybridized carbons (Fsp3) is 0.286. The van der Waals surface area contributed by atoms with Crippen LogP contribution in [0.5, 0.6) is 0 Å². The summed E-state index contributed by atoms with van der Waals surface area (Å²) in [4.78, 5) is 1.27. The number of nitrogens with one attached hydrogen (secondary N) is 1. The van der Waals surface area contributed by atoms with Crippen LogP contribution in [0.25, 0.3) is 0 Å². The molecule has 1 aromatic heterocycles. The molecule has 1 atom stereocenters. The third-order valence-electron chi connectivity index (χ3n) is 2.81. The number of hydrogen-bond acceptors (Lipinski definition) is 2. The Balaban J connectivity index is 2.18. The average molecular weight is 407 g/mol. The zero-order valence-corrected chi connectivity index (χ0v) is 14.4. The first-order valence-corrected chi connectivity index (χ1v) is 8.43. The van der Waals surface area contributed by atoms with Gasteiger partial charge in [0, 0.05) is 15.4 Å². The normalized spacial score (nSPS) is 12.6. The number of hydrogen-bond donors (Lipinski definition) is 1. The van der Waals surface area contributed by atoms with Crippen molar-refractivity contribution in [2.75, 3.05) is 6.54 Å². The molecule has 0 radical (unpaired) electrons. The van der Waals surface area contributed by atoms with Crippen LogP contribution in [0.4, 0.5) is 4.39 Å². The van der Waals surface area contributed by atoms with E-state index < -0.39 is 0 Å². The van der Waals surface area contributed by atoms with Gasteiger partial charge in [-0.15, -0.1) is 11.3 Å². The molecule has 0 aliphatic heterocycles. The molecule has 0 fully saturated rings. The summed E-state index contributed by atoms with van der Waals surface area (Å²) < 4.78 is 15.1. The SMILES string of the molecule is CCNC(Cc1ccc(F)cc1)c1cc(Br)c(Br)s1. The molecule has 0 bridgehead atoms. The van der Waals surface area contributed by atoms with E-state index in [9.17, 15) is 4.39 Å². The van der Waals surface area contributed by atoms with Crippen molar-refractivity contribution < 1.29 is 4.39 Å². The van der Waals surface area contributed by atoms with E-state index in [1.54, 1.807) is 11.3 Å². The Labute approximate surface area is 133 Å². The van der Waals surface area contributed by atoms with Crippen LogP contribution in [-0.4, -0.2) is 6.54 Å². The lowest BCUT2D eigenvalue weighted by Gasteiger charge is -2.16. The molecule has 1 aromatic carbocycles. The zero-order valence-electron chi connectivity index (χ0n) is 10.4. The summed E-state index contributed by atoms with van der Waals surface area (Å²) in [6.07, 6.45) is 0.855. The Morgan fingerprint density at radius 3 is 2.47 bits per heavy atom. The van der Waals surface area contributed by atoms with E-state index in [2.05, 4.69) is 50.2 Å². The van der Waals surface area contributed by atoms with Crippen molar-refractivity contribution in [3.05, 3.63) is 54.8 Å². The Morgan fingerprint density at radius 1 is 1.26 bits per heavy atom. The summed E-state index contributed by atoms with van der Waals surface area (Å²) in [5.74, 6) is -0.189. The number of halogens is 3. The van der Waals surface area contributed by atoms with Gasteiger partial charge in [0.1, 0.15) is 5.82 Å². The summed E-state index contributed by atoms with van der Waals surface area (Å²) >= 11 is 8.76. The van der Waals surface area contributed by atoms with Gasteiger partial charge in [0.05, 0.1) is 3.79 Å². The summed E-state index contributed by atoms with van der Waals surface area (Å²) in [6.45, 7) is 2.99. The first-order valence-electron chi connectivity index (χ1n) is 6.02.